The predicted octanol–water partition coefficient (Wildman–Crippen LogP) is 5.72. The normalized spacial score (nSPS) is 44.1. The first-order valence-corrected chi connectivity index (χ1v) is 24.1. The van der Waals surface area contributed by atoms with Crippen molar-refractivity contribution >= 4 is 23.4 Å². The first kappa shape index (κ1) is 52.9. The van der Waals surface area contributed by atoms with Crippen LogP contribution in [0.25, 0.3) is 0 Å². The summed E-state index contributed by atoms with van der Waals surface area (Å²) in [5, 5.41) is 46.6. The largest absolute Gasteiger partial charge is 0.460 e. The van der Waals surface area contributed by atoms with Crippen LogP contribution < -0.4 is 0 Å². The van der Waals surface area contributed by atoms with Crippen LogP contribution in [0.1, 0.15) is 126 Å². The summed E-state index contributed by atoms with van der Waals surface area (Å²) in [5.41, 5.74) is -0.994. The fourth-order valence-corrected chi connectivity index (χ4v) is 11.2. The first-order valence-electron chi connectivity index (χ1n) is 24.1. The molecule has 1 saturated carbocycles. The molecule has 3 saturated heterocycles. The third-order valence-electron chi connectivity index (χ3n) is 15.4. The minimum Gasteiger partial charge on any atom is -0.460 e. The van der Waals surface area contributed by atoms with Crippen LogP contribution in [0.5, 0.6) is 0 Å². The summed E-state index contributed by atoms with van der Waals surface area (Å²) in [7, 11) is 4.56. The lowest BCUT2D eigenvalue weighted by Gasteiger charge is -2.64. The number of allylic oxidation sites excluding steroid dienone is 6. The maximum Gasteiger partial charge on any atom is 0.329 e. The average Bonchev–Trinajstić information content (AvgIpc) is 3.28. The number of amides is 1. The molecule has 14 nitrogen and oxygen atoms in total. The Morgan fingerprint density at radius 2 is 1.57 bits per heavy atom. The summed E-state index contributed by atoms with van der Waals surface area (Å²) >= 11 is 0. The molecular formula is C51H79NO13. The molecule has 4 fully saturated rings. The van der Waals surface area contributed by atoms with Crippen molar-refractivity contribution in [3.8, 4) is 0 Å². The molecular weight excluding hydrogens is 835 g/mol. The second-order valence-electron chi connectivity index (χ2n) is 20.2. The molecule has 14 heteroatoms. The minimum absolute atomic E-state index is 0.0273. The summed E-state index contributed by atoms with van der Waals surface area (Å²) in [6, 6.07) is -1.97. The molecule has 65 heavy (non-hydrogen) atoms. The van der Waals surface area contributed by atoms with Gasteiger partial charge in [0.05, 0.1) is 30.5 Å². The fraction of sp³-hybridized carbons (Fsp3) is 0.765. The van der Waals surface area contributed by atoms with Gasteiger partial charge in [0.15, 0.2) is 5.78 Å². The first-order chi connectivity index (χ1) is 30.7. The maximum absolute atomic E-state index is 14.4. The monoisotopic (exact) mass is 914 g/mol. The second-order valence-corrected chi connectivity index (χ2v) is 20.2. The highest BCUT2D eigenvalue weighted by molar-refractivity contribution is 5.98. The summed E-state index contributed by atoms with van der Waals surface area (Å²) in [6.45, 7) is 12.8. The van der Waals surface area contributed by atoms with Gasteiger partial charge in [-0.25, -0.2) is 4.79 Å². The zero-order valence-electron chi connectivity index (χ0n) is 40.5. The Labute approximate surface area is 386 Å². The van der Waals surface area contributed by atoms with Crippen LogP contribution in [0.4, 0.5) is 0 Å². The summed E-state index contributed by atoms with van der Waals surface area (Å²) < 4.78 is 29.7. The third-order valence-corrected chi connectivity index (χ3v) is 15.4. The highest BCUT2D eigenvalue weighted by Crippen LogP contribution is 2.52. The van der Waals surface area contributed by atoms with E-state index in [1.54, 1.807) is 41.1 Å². The molecule has 17 atom stereocenters. The lowest BCUT2D eigenvalue weighted by Crippen LogP contribution is -2.87. The maximum atomic E-state index is 14.4. The highest BCUT2D eigenvalue weighted by Gasteiger charge is 2.75. The van der Waals surface area contributed by atoms with E-state index in [1.807, 2.05) is 58.1 Å². The van der Waals surface area contributed by atoms with Crippen molar-refractivity contribution < 1.29 is 63.3 Å². The number of ether oxygens (including phenoxy) is 5. The van der Waals surface area contributed by atoms with Crippen molar-refractivity contribution in [2.75, 3.05) is 21.3 Å². The van der Waals surface area contributed by atoms with Crippen molar-refractivity contribution in [3.05, 3.63) is 47.6 Å². The quantitative estimate of drug-likeness (QED) is 0.143. The smallest absolute Gasteiger partial charge is 0.329 e. The van der Waals surface area contributed by atoms with Crippen molar-refractivity contribution in [2.24, 2.45) is 35.5 Å². The van der Waals surface area contributed by atoms with Gasteiger partial charge in [-0.2, -0.15) is 0 Å². The molecule has 2 unspecified atom stereocenters. The van der Waals surface area contributed by atoms with Gasteiger partial charge in [0.1, 0.15) is 30.1 Å². The van der Waals surface area contributed by atoms with Crippen molar-refractivity contribution in [3.63, 3.8) is 0 Å². The molecule has 1 amide bonds. The number of rotatable bonds is 6. The summed E-state index contributed by atoms with van der Waals surface area (Å²) in [4.78, 5) is 57.9. The molecule has 366 valence electrons. The molecule has 0 spiro atoms. The van der Waals surface area contributed by atoms with E-state index < -0.39 is 83.6 Å². The number of fused-ring (bicyclic) bond motifs is 5. The van der Waals surface area contributed by atoms with Gasteiger partial charge in [-0.3, -0.25) is 14.4 Å². The van der Waals surface area contributed by atoms with Gasteiger partial charge in [-0.05, 0) is 107 Å². The van der Waals surface area contributed by atoms with Crippen LogP contribution in [-0.4, -0.2) is 136 Å². The van der Waals surface area contributed by atoms with Crippen LogP contribution in [0.2, 0.25) is 0 Å². The lowest BCUT2D eigenvalue weighted by atomic mass is 9.65. The molecule has 0 aromatic heterocycles. The van der Waals surface area contributed by atoms with Gasteiger partial charge in [0.2, 0.25) is 11.4 Å². The van der Waals surface area contributed by atoms with Gasteiger partial charge >= 0.3 is 5.97 Å². The molecule has 4 N–H and O–H groups in total. The number of hydrogen-bond acceptors (Lipinski definition) is 13. The number of methoxy groups -OCH3 is 3. The van der Waals surface area contributed by atoms with Gasteiger partial charge in [-0.15, -0.1) is 0 Å². The van der Waals surface area contributed by atoms with E-state index in [-0.39, 0.29) is 54.4 Å². The fourth-order valence-electron chi connectivity index (χ4n) is 11.2. The van der Waals surface area contributed by atoms with Crippen molar-refractivity contribution in [2.45, 2.75) is 192 Å². The van der Waals surface area contributed by atoms with Crippen LogP contribution >= 0.6 is 0 Å². The van der Waals surface area contributed by atoms with Crippen LogP contribution in [0.15, 0.2) is 47.6 Å². The van der Waals surface area contributed by atoms with E-state index in [4.69, 9.17) is 23.7 Å². The molecule has 1 aliphatic carbocycles. The number of carbonyl (C=O) groups excluding carboxylic acids is 4. The molecule has 4 heterocycles. The topological polar surface area (TPSA) is 199 Å². The van der Waals surface area contributed by atoms with Gasteiger partial charge in [0.25, 0.3) is 5.91 Å². The number of esters is 1. The van der Waals surface area contributed by atoms with E-state index in [1.165, 1.54) is 12.0 Å². The number of cyclic esters (lactones) is 1. The van der Waals surface area contributed by atoms with Gasteiger partial charge < -0.3 is 49.0 Å². The van der Waals surface area contributed by atoms with E-state index in [2.05, 4.69) is 0 Å². The van der Waals surface area contributed by atoms with E-state index in [0.29, 0.717) is 63.4 Å². The number of β-lactam (4-membered cyclic amide) rings is 1. The van der Waals surface area contributed by atoms with E-state index >= 15 is 0 Å². The third kappa shape index (κ3) is 11.6. The number of aliphatic hydroxyl groups excluding tert-OH is 2. The SMILES string of the molecule is CO[C@H]1CC2CC[C@@H](C)[C@@](O)(O2)[C@]2(O)C(=O)N3C2CCC[C@H]3C(=O)O[C@H]([C@H](C)C[C@@H]2CC[C@@H](O)[C@H](OC)C2)CC(=O)[C@H](C)/C=C(\C)[C@@H](O)[C@@H](OC)C(=O)[C@H](C)C[C@H](C)\C=C/C=C/C=C/1C. The van der Waals surface area contributed by atoms with Gasteiger partial charge in [0, 0.05) is 51.9 Å². The number of hydrogen-bond donors (Lipinski definition) is 4. The van der Waals surface area contributed by atoms with Crippen molar-refractivity contribution in [1.82, 2.24) is 4.90 Å². The molecule has 0 aromatic carbocycles. The Balaban J connectivity index is 1.47. The number of Topliss-reactive ketones (excluding diaryl/α,β-unsaturated/α-hetero) is 2. The number of nitrogens with zero attached hydrogens (tertiary/aromatic N) is 1. The Bertz CT molecular complexity index is 1790. The molecule has 0 radical (unpaired) electrons. The van der Waals surface area contributed by atoms with E-state index in [9.17, 15) is 39.6 Å². The minimum atomic E-state index is -2.30. The standard InChI is InChI=1S/C51H79NO13/c1-29-15-12-11-13-16-30(2)41(61-8)27-37-21-19-35(7)51(60,65-37)50(59)44-18-14-17-38(52(44)49(50)58)48(57)64-42(32(4)25-36-20-22-39(53)43(26-36)62-9)28-40(54)31(3)24-34(6)46(56)47(63-10)45(55)33(5)23-29/h11-13,15-16,24,29,31-33,35-39,41-44,46-47,53,56,59-60H,14,17-23,25-28H2,1-10H3/b13-11+,15-12-,30-16+,34-24+/t29-,31-,32-,33-,35-,36+,37?,38+,39-,41+,42+,43-,44?,46-,47+,50-,51-/m1/s1. The van der Waals surface area contributed by atoms with Crippen LogP contribution in [-0.2, 0) is 42.9 Å². The summed E-state index contributed by atoms with van der Waals surface area (Å²) in [5.74, 6) is -6.13. The summed E-state index contributed by atoms with van der Waals surface area (Å²) in [6.07, 6.45) is 11.4. The predicted molar refractivity (Wildman–Crippen MR) is 244 cm³/mol. The molecule has 5 rings (SSSR count). The zero-order valence-corrected chi connectivity index (χ0v) is 40.5. The van der Waals surface area contributed by atoms with E-state index in [0.717, 1.165) is 12.0 Å². The Kier molecular flexibility index (Phi) is 18.6. The highest BCUT2D eigenvalue weighted by atomic mass is 16.7. The Morgan fingerprint density at radius 1 is 0.846 bits per heavy atom. The van der Waals surface area contributed by atoms with Crippen molar-refractivity contribution in [1.29, 1.82) is 0 Å². The number of carbonyl (C=O) groups is 4. The Morgan fingerprint density at radius 3 is 2.25 bits per heavy atom. The number of aliphatic hydroxyl groups is 4. The lowest BCUT2D eigenvalue weighted by molar-refractivity contribution is -0.376. The second kappa shape index (κ2) is 22.8. The number of piperidine rings is 1. The Hall–Kier alpha value is -3.08. The molecule has 4 aliphatic heterocycles. The van der Waals surface area contributed by atoms with Crippen LogP contribution in [0, 0.1) is 35.5 Å². The van der Waals surface area contributed by atoms with Gasteiger partial charge in [-0.1, -0.05) is 71.1 Å². The molecule has 0 aromatic rings. The van der Waals surface area contributed by atoms with Crippen LogP contribution in [0.3, 0.4) is 0 Å². The zero-order chi connectivity index (χ0) is 48.0. The molecule has 4 bridgehead atoms. The average molecular weight is 914 g/mol. The number of ketones is 2. The molecule has 5 aliphatic rings.